The number of rotatable bonds is 4. The van der Waals surface area contributed by atoms with Gasteiger partial charge in [-0.05, 0) is 42.5 Å². The Bertz CT molecular complexity index is 749. The molecule has 0 saturated heterocycles. The topological polar surface area (TPSA) is 67.4 Å². The molecule has 0 fully saturated rings. The second-order valence-corrected chi connectivity index (χ2v) is 6.32. The van der Waals surface area contributed by atoms with Crippen LogP contribution in [0.4, 0.5) is 11.4 Å². The number of benzene rings is 2. The normalized spacial score (nSPS) is 12.8. The average molecular weight is 349 g/mol. The minimum atomic E-state index is -0.209. The molecule has 0 radical (unpaired) electrons. The molecule has 2 N–H and O–H groups in total. The number of fused-ring (bicyclic) bond motifs is 1. The molecule has 0 spiro atoms. The fraction of sp³-hybridized carbons (Fsp3) is 0.125. The fourth-order valence-corrected chi connectivity index (χ4v) is 2.86. The molecule has 0 unspecified atom stereocenters. The number of amides is 2. The Labute approximate surface area is 142 Å². The third kappa shape index (κ3) is 4.18. The first-order chi connectivity index (χ1) is 11.1. The summed E-state index contributed by atoms with van der Waals surface area (Å²) < 4.78 is 5.27. The highest BCUT2D eigenvalue weighted by Gasteiger charge is 2.16. The van der Waals surface area contributed by atoms with Crippen molar-refractivity contribution in [2.75, 3.05) is 23.0 Å². The molecule has 118 valence electrons. The Hall–Kier alpha value is -2.18. The van der Waals surface area contributed by atoms with Gasteiger partial charge in [-0.1, -0.05) is 11.6 Å². The number of anilines is 2. The van der Waals surface area contributed by atoms with Crippen LogP contribution in [0.3, 0.4) is 0 Å². The van der Waals surface area contributed by atoms with Crippen molar-refractivity contribution in [1.29, 1.82) is 0 Å². The van der Waals surface area contributed by atoms with Gasteiger partial charge in [0.1, 0.15) is 5.75 Å². The second kappa shape index (κ2) is 6.93. The molecule has 0 saturated carbocycles. The predicted molar refractivity (Wildman–Crippen MR) is 91.4 cm³/mol. The zero-order valence-corrected chi connectivity index (χ0v) is 13.5. The molecule has 7 heteroatoms. The second-order valence-electron chi connectivity index (χ2n) is 4.84. The molecule has 1 aliphatic rings. The van der Waals surface area contributed by atoms with Gasteiger partial charge in [-0.2, -0.15) is 0 Å². The first-order valence-corrected chi connectivity index (χ1v) is 8.21. The quantitative estimate of drug-likeness (QED) is 0.831. The number of thioether (sulfide) groups is 1. The Morgan fingerprint density at radius 3 is 2.83 bits per heavy atom. The Kier molecular flexibility index (Phi) is 4.73. The highest BCUT2D eigenvalue weighted by molar-refractivity contribution is 8.00. The standard InChI is InChI=1S/C16H13ClN2O3S/c17-10-1-4-12(5-2-10)23-9-16(21)18-11-3-6-14-13(7-11)19-15(20)8-22-14/h1-7H,8-9H2,(H,18,21)(H,19,20). The van der Waals surface area contributed by atoms with Crippen LogP contribution in [0.15, 0.2) is 47.4 Å². The maximum atomic E-state index is 12.0. The van der Waals surface area contributed by atoms with E-state index in [1.165, 1.54) is 11.8 Å². The van der Waals surface area contributed by atoms with Crippen LogP contribution in [-0.2, 0) is 9.59 Å². The molecule has 5 nitrogen and oxygen atoms in total. The van der Waals surface area contributed by atoms with E-state index in [4.69, 9.17) is 16.3 Å². The molecule has 2 aromatic carbocycles. The monoisotopic (exact) mass is 348 g/mol. The summed E-state index contributed by atoms with van der Waals surface area (Å²) >= 11 is 7.24. The lowest BCUT2D eigenvalue weighted by Gasteiger charge is -2.18. The number of hydrogen-bond donors (Lipinski definition) is 2. The van der Waals surface area contributed by atoms with Crippen molar-refractivity contribution in [2.24, 2.45) is 0 Å². The number of nitrogens with one attached hydrogen (secondary N) is 2. The number of carbonyl (C=O) groups is 2. The van der Waals surface area contributed by atoms with Gasteiger partial charge < -0.3 is 15.4 Å². The maximum Gasteiger partial charge on any atom is 0.262 e. The van der Waals surface area contributed by atoms with Crippen molar-refractivity contribution in [3.05, 3.63) is 47.5 Å². The van der Waals surface area contributed by atoms with E-state index in [1.54, 1.807) is 30.3 Å². The third-order valence-electron chi connectivity index (χ3n) is 3.08. The minimum Gasteiger partial charge on any atom is -0.482 e. The van der Waals surface area contributed by atoms with E-state index in [1.807, 2.05) is 12.1 Å². The number of hydrogen-bond acceptors (Lipinski definition) is 4. The molecular formula is C16H13ClN2O3S. The molecular weight excluding hydrogens is 336 g/mol. The van der Waals surface area contributed by atoms with Gasteiger partial charge in [0.15, 0.2) is 6.61 Å². The third-order valence-corrected chi connectivity index (χ3v) is 4.34. The van der Waals surface area contributed by atoms with Crippen LogP contribution < -0.4 is 15.4 Å². The van der Waals surface area contributed by atoms with E-state index >= 15 is 0 Å². The summed E-state index contributed by atoms with van der Waals surface area (Å²) in [6.45, 7) is 0.0104. The summed E-state index contributed by atoms with van der Waals surface area (Å²) in [6.07, 6.45) is 0. The molecule has 1 heterocycles. The molecule has 0 atom stereocenters. The number of carbonyl (C=O) groups excluding carboxylic acids is 2. The van der Waals surface area contributed by atoms with E-state index in [-0.39, 0.29) is 24.2 Å². The fourth-order valence-electron chi connectivity index (χ4n) is 2.04. The van der Waals surface area contributed by atoms with Crippen LogP contribution in [0.25, 0.3) is 0 Å². The van der Waals surface area contributed by atoms with Crippen molar-refractivity contribution in [2.45, 2.75) is 4.90 Å². The van der Waals surface area contributed by atoms with Crippen molar-refractivity contribution < 1.29 is 14.3 Å². The predicted octanol–water partition coefficient (Wildman–Crippen LogP) is 3.40. The molecule has 2 amide bonds. The van der Waals surface area contributed by atoms with Crippen molar-refractivity contribution in [3.8, 4) is 5.75 Å². The van der Waals surface area contributed by atoms with Crippen LogP contribution >= 0.6 is 23.4 Å². The molecule has 0 bridgehead atoms. The zero-order chi connectivity index (χ0) is 16.2. The van der Waals surface area contributed by atoms with Gasteiger partial charge in [0.25, 0.3) is 5.91 Å². The maximum absolute atomic E-state index is 12.0. The molecule has 3 rings (SSSR count). The molecule has 23 heavy (non-hydrogen) atoms. The van der Waals surface area contributed by atoms with Crippen molar-refractivity contribution in [3.63, 3.8) is 0 Å². The van der Waals surface area contributed by atoms with E-state index in [9.17, 15) is 9.59 Å². The van der Waals surface area contributed by atoms with Gasteiger partial charge in [-0.3, -0.25) is 9.59 Å². The molecule has 1 aliphatic heterocycles. The van der Waals surface area contributed by atoms with E-state index in [0.29, 0.717) is 22.1 Å². The zero-order valence-electron chi connectivity index (χ0n) is 12.0. The van der Waals surface area contributed by atoms with Crippen LogP contribution in [-0.4, -0.2) is 24.2 Å². The summed E-state index contributed by atoms with van der Waals surface area (Å²) in [6, 6.07) is 12.4. The highest BCUT2D eigenvalue weighted by Crippen LogP contribution is 2.30. The lowest BCUT2D eigenvalue weighted by molar-refractivity contribution is -0.118. The molecule has 0 aliphatic carbocycles. The largest absolute Gasteiger partial charge is 0.482 e. The first-order valence-electron chi connectivity index (χ1n) is 6.85. The van der Waals surface area contributed by atoms with Crippen LogP contribution in [0.5, 0.6) is 5.75 Å². The van der Waals surface area contributed by atoms with Gasteiger partial charge in [-0.25, -0.2) is 0 Å². The summed E-state index contributed by atoms with van der Waals surface area (Å²) in [5.41, 5.74) is 1.17. The Morgan fingerprint density at radius 1 is 1.26 bits per heavy atom. The van der Waals surface area contributed by atoms with Crippen LogP contribution in [0.2, 0.25) is 5.02 Å². The van der Waals surface area contributed by atoms with E-state index in [0.717, 1.165) is 4.90 Å². The summed E-state index contributed by atoms with van der Waals surface area (Å²) in [5.74, 6) is 0.534. The molecule has 2 aromatic rings. The molecule has 0 aromatic heterocycles. The smallest absolute Gasteiger partial charge is 0.262 e. The highest BCUT2D eigenvalue weighted by atomic mass is 35.5. The minimum absolute atomic E-state index is 0.0104. The first kappa shape index (κ1) is 15.7. The average Bonchev–Trinajstić information content (AvgIpc) is 2.54. The van der Waals surface area contributed by atoms with E-state index < -0.39 is 0 Å². The van der Waals surface area contributed by atoms with Gasteiger partial charge in [-0.15, -0.1) is 11.8 Å². The van der Waals surface area contributed by atoms with Crippen LogP contribution in [0, 0.1) is 0 Å². The summed E-state index contributed by atoms with van der Waals surface area (Å²) in [7, 11) is 0. The van der Waals surface area contributed by atoms with Crippen LogP contribution in [0.1, 0.15) is 0 Å². The SMILES string of the molecule is O=C(CSc1ccc(Cl)cc1)Nc1ccc2c(c1)NC(=O)CO2. The van der Waals surface area contributed by atoms with Crippen molar-refractivity contribution in [1.82, 2.24) is 0 Å². The van der Waals surface area contributed by atoms with Crippen molar-refractivity contribution >= 4 is 46.6 Å². The van der Waals surface area contributed by atoms with Gasteiger partial charge in [0, 0.05) is 15.6 Å². The summed E-state index contributed by atoms with van der Waals surface area (Å²) in [5, 5.41) is 6.16. The van der Waals surface area contributed by atoms with Gasteiger partial charge in [0.05, 0.1) is 11.4 Å². The number of halogens is 1. The lowest BCUT2D eigenvalue weighted by Crippen LogP contribution is -2.25. The Balaban J connectivity index is 1.58. The lowest BCUT2D eigenvalue weighted by atomic mass is 10.2. The van der Waals surface area contributed by atoms with E-state index in [2.05, 4.69) is 10.6 Å². The van der Waals surface area contributed by atoms with Gasteiger partial charge >= 0.3 is 0 Å². The van der Waals surface area contributed by atoms with Gasteiger partial charge in [0.2, 0.25) is 5.91 Å². The number of ether oxygens (including phenoxy) is 1. The Morgan fingerprint density at radius 2 is 2.04 bits per heavy atom. The summed E-state index contributed by atoms with van der Waals surface area (Å²) in [4.78, 5) is 24.3.